The van der Waals surface area contributed by atoms with Crippen LogP contribution in [0.15, 0.2) is 30.5 Å². The topological polar surface area (TPSA) is 28.2 Å². The van der Waals surface area contributed by atoms with Crippen LogP contribution in [0.1, 0.15) is 42.5 Å². The van der Waals surface area contributed by atoms with Crippen molar-refractivity contribution in [3.8, 4) is 0 Å². The molecular weight excluding hydrogens is 278 g/mol. The molecule has 1 atom stereocenters. The third kappa shape index (κ3) is 3.38. The Balaban J connectivity index is 1.64. The number of aryl methyl sites for hydroxylation is 1. The van der Waals surface area contributed by atoms with Gasteiger partial charge in [-0.3, -0.25) is 0 Å². The highest BCUT2D eigenvalue weighted by molar-refractivity contribution is 7.12. The summed E-state index contributed by atoms with van der Waals surface area (Å²) >= 11 is 1.89. The first kappa shape index (κ1) is 14.4. The first-order valence-electron chi connectivity index (χ1n) is 7.82. The summed E-state index contributed by atoms with van der Waals surface area (Å²) < 4.78 is 0. The van der Waals surface area contributed by atoms with Gasteiger partial charge in [0.25, 0.3) is 0 Å². The largest absolute Gasteiger partial charge is 0.376 e. The Labute approximate surface area is 131 Å². The molecule has 21 heavy (non-hydrogen) atoms. The average molecular weight is 301 g/mol. The van der Waals surface area contributed by atoms with Crippen molar-refractivity contribution in [2.45, 2.75) is 39.2 Å². The van der Waals surface area contributed by atoms with E-state index in [1.165, 1.54) is 22.6 Å². The number of nitrogens with zero attached hydrogens (tertiary/aromatic N) is 2. The van der Waals surface area contributed by atoms with Crippen molar-refractivity contribution in [3.63, 3.8) is 0 Å². The van der Waals surface area contributed by atoms with Crippen LogP contribution in [0.2, 0.25) is 0 Å². The zero-order chi connectivity index (χ0) is 14.7. The lowest BCUT2D eigenvalue weighted by molar-refractivity contribution is 0.901. The molecule has 3 rings (SSSR count). The van der Waals surface area contributed by atoms with Crippen molar-refractivity contribution in [2.24, 2.45) is 0 Å². The molecule has 4 heteroatoms. The maximum absolute atomic E-state index is 4.60. The zero-order valence-corrected chi connectivity index (χ0v) is 13.6. The minimum atomic E-state index is 0.328. The number of nitrogens with one attached hydrogen (secondary N) is 1. The molecule has 0 bridgehead atoms. The van der Waals surface area contributed by atoms with Gasteiger partial charge in [0, 0.05) is 22.8 Å². The quantitative estimate of drug-likeness (QED) is 0.882. The summed E-state index contributed by atoms with van der Waals surface area (Å²) in [6.45, 7) is 6.70. The van der Waals surface area contributed by atoms with Crippen LogP contribution in [0.3, 0.4) is 0 Å². The second kappa shape index (κ2) is 6.48. The van der Waals surface area contributed by atoms with Gasteiger partial charge in [0.1, 0.15) is 5.82 Å². The zero-order valence-electron chi connectivity index (χ0n) is 12.8. The van der Waals surface area contributed by atoms with E-state index in [-0.39, 0.29) is 0 Å². The fourth-order valence-corrected chi connectivity index (χ4v) is 3.70. The summed E-state index contributed by atoms with van der Waals surface area (Å²) in [5.74, 6) is 1.11. The second-order valence-corrected chi connectivity index (χ2v) is 6.82. The van der Waals surface area contributed by atoms with Gasteiger partial charge in [0.15, 0.2) is 0 Å². The van der Waals surface area contributed by atoms with E-state index >= 15 is 0 Å². The van der Waals surface area contributed by atoms with Crippen molar-refractivity contribution in [1.82, 2.24) is 4.98 Å². The predicted octanol–water partition coefficient (Wildman–Crippen LogP) is 4.48. The number of rotatable bonds is 5. The molecule has 3 nitrogen and oxygen atoms in total. The minimum absolute atomic E-state index is 0.328. The van der Waals surface area contributed by atoms with Crippen molar-refractivity contribution in [1.29, 1.82) is 0 Å². The lowest BCUT2D eigenvalue weighted by Crippen LogP contribution is -2.18. The number of anilines is 2. The molecular formula is C17H23N3S. The molecule has 2 aromatic heterocycles. The Morgan fingerprint density at radius 2 is 2.05 bits per heavy atom. The fourth-order valence-electron chi connectivity index (χ4n) is 2.74. The third-order valence-electron chi connectivity index (χ3n) is 4.02. The lowest BCUT2D eigenvalue weighted by Gasteiger charge is -2.18. The van der Waals surface area contributed by atoms with Gasteiger partial charge >= 0.3 is 0 Å². The molecule has 1 aliphatic heterocycles. The van der Waals surface area contributed by atoms with E-state index in [0.717, 1.165) is 31.0 Å². The SMILES string of the molecule is CCc1ccc(C(C)Nc2ccc(N3CCCC3)nc2)s1. The van der Waals surface area contributed by atoms with Gasteiger partial charge in [-0.25, -0.2) is 4.98 Å². The molecule has 2 aromatic rings. The molecule has 0 aromatic carbocycles. The first-order chi connectivity index (χ1) is 10.3. The Morgan fingerprint density at radius 3 is 2.67 bits per heavy atom. The number of aromatic nitrogens is 1. The predicted molar refractivity (Wildman–Crippen MR) is 91.4 cm³/mol. The van der Waals surface area contributed by atoms with Crippen molar-refractivity contribution >= 4 is 22.8 Å². The van der Waals surface area contributed by atoms with E-state index in [1.54, 1.807) is 0 Å². The maximum atomic E-state index is 4.60. The van der Waals surface area contributed by atoms with Crippen LogP contribution < -0.4 is 10.2 Å². The average Bonchev–Trinajstić information content (AvgIpc) is 3.19. The highest BCUT2D eigenvalue weighted by Crippen LogP contribution is 2.27. The number of hydrogen-bond acceptors (Lipinski definition) is 4. The van der Waals surface area contributed by atoms with Gasteiger partial charge in [-0.2, -0.15) is 0 Å². The molecule has 0 amide bonds. The summed E-state index contributed by atoms with van der Waals surface area (Å²) in [6, 6.07) is 9.06. The Hall–Kier alpha value is -1.55. The Kier molecular flexibility index (Phi) is 4.44. The van der Waals surface area contributed by atoms with Gasteiger partial charge in [-0.1, -0.05) is 6.92 Å². The van der Waals surface area contributed by atoms with E-state index < -0.39 is 0 Å². The summed E-state index contributed by atoms with van der Waals surface area (Å²) in [5.41, 5.74) is 1.09. The molecule has 0 aliphatic carbocycles. The van der Waals surface area contributed by atoms with Gasteiger partial charge in [-0.05, 0) is 50.5 Å². The molecule has 0 spiro atoms. The highest BCUT2D eigenvalue weighted by atomic mass is 32.1. The Bertz CT molecular complexity index is 570. The van der Waals surface area contributed by atoms with Crippen LogP contribution >= 0.6 is 11.3 Å². The molecule has 1 saturated heterocycles. The first-order valence-corrected chi connectivity index (χ1v) is 8.64. The number of thiophene rings is 1. The van der Waals surface area contributed by atoms with Crippen LogP contribution in [0.25, 0.3) is 0 Å². The summed E-state index contributed by atoms with van der Waals surface area (Å²) in [5, 5.41) is 3.54. The third-order valence-corrected chi connectivity index (χ3v) is 5.43. The van der Waals surface area contributed by atoms with E-state index in [4.69, 9.17) is 0 Å². The van der Waals surface area contributed by atoms with Gasteiger partial charge in [-0.15, -0.1) is 11.3 Å². The molecule has 3 heterocycles. The molecule has 0 saturated carbocycles. The molecule has 0 radical (unpaired) electrons. The molecule has 1 aliphatic rings. The van der Waals surface area contributed by atoms with Crippen LogP contribution in [-0.4, -0.2) is 18.1 Å². The van der Waals surface area contributed by atoms with Crippen LogP contribution in [0, 0.1) is 0 Å². The Morgan fingerprint density at radius 1 is 1.24 bits per heavy atom. The van der Waals surface area contributed by atoms with E-state index in [9.17, 15) is 0 Å². The second-order valence-electron chi connectivity index (χ2n) is 5.62. The molecule has 1 N–H and O–H groups in total. The summed E-state index contributed by atoms with van der Waals surface area (Å²) in [6.07, 6.45) is 5.65. The van der Waals surface area contributed by atoms with Crippen LogP contribution in [0.4, 0.5) is 11.5 Å². The van der Waals surface area contributed by atoms with Crippen molar-refractivity contribution in [3.05, 3.63) is 40.2 Å². The van der Waals surface area contributed by atoms with E-state index in [2.05, 4.69) is 53.3 Å². The summed E-state index contributed by atoms with van der Waals surface area (Å²) in [4.78, 5) is 9.79. The van der Waals surface area contributed by atoms with Crippen molar-refractivity contribution < 1.29 is 0 Å². The van der Waals surface area contributed by atoms with E-state index in [1.807, 2.05) is 17.5 Å². The smallest absolute Gasteiger partial charge is 0.128 e. The molecule has 1 fully saturated rings. The van der Waals surface area contributed by atoms with Gasteiger partial charge < -0.3 is 10.2 Å². The fraction of sp³-hybridized carbons (Fsp3) is 0.471. The monoisotopic (exact) mass is 301 g/mol. The number of hydrogen-bond donors (Lipinski definition) is 1. The van der Waals surface area contributed by atoms with E-state index in [0.29, 0.717) is 6.04 Å². The standard InChI is InChI=1S/C17H23N3S/c1-3-15-7-8-16(21-15)13(2)19-14-6-9-17(18-12-14)20-10-4-5-11-20/h6-9,12-13,19H,3-5,10-11H2,1-2H3. The maximum Gasteiger partial charge on any atom is 0.128 e. The summed E-state index contributed by atoms with van der Waals surface area (Å²) in [7, 11) is 0. The normalized spacial score (nSPS) is 16.2. The van der Waals surface area contributed by atoms with Gasteiger partial charge in [0.2, 0.25) is 0 Å². The highest BCUT2D eigenvalue weighted by Gasteiger charge is 2.13. The van der Waals surface area contributed by atoms with Crippen LogP contribution in [0.5, 0.6) is 0 Å². The van der Waals surface area contributed by atoms with Crippen molar-refractivity contribution in [2.75, 3.05) is 23.3 Å². The van der Waals surface area contributed by atoms with Crippen LogP contribution in [-0.2, 0) is 6.42 Å². The lowest BCUT2D eigenvalue weighted by atomic mass is 10.2. The molecule has 1 unspecified atom stereocenters. The molecule has 112 valence electrons. The number of pyridine rings is 1. The minimum Gasteiger partial charge on any atom is -0.376 e. The van der Waals surface area contributed by atoms with Gasteiger partial charge in [0.05, 0.1) is 17.9 Å².